The zero-order valence-corrected chi connectivity index (χ0v) is 27.6. The number of carbonyl (C=O) groups is 3. The highest BCUT2D eigenvalue weighted by atomic mass is 32.2. The molecule has 0 spiro atoms. The van der Waals surface area contributed by atoms with Crippen LogP contribution in [0.5, 0.6) is 0 Å². The SMILES string of the molecule is Cc1ccc(-c2cc(C(F)(F)F)nn2-c2ccc(S(=O)(=O)NC(=O)OC[C@@H]3CCN3n3on3OC(C)N3C(=O)c4ccccc4C3=O)cc2)cc1. The molecular formula is C32H28F3N7O8S. The van der Waals surface area contributed by atoms with Crippen molar-refractivity contribution in [3.8, 4) is 16.9 Å². The Morgan fingerprint density at radius 2 is 1.67 bits per heavy atom. The first-order chi connectivity index (χ1) is 24.2. The molecule has 5 aromatic rings. The van der Waals surface area contributed by atoms with Crippen molar-refractivity contribution in [3.05, 3.63) is 101 Å². The van der Waals surface area contributed by atoms with E-state index in [1.54, 1.807) is 53.5 Å². The highest BCUT2D eigenvalue weighted by Gasteiger charge is 2.42. The summed E-state index contributed by atoms with van der Waals surface area (Å²) in [5.74, 6) is -1.01. The number of aryl methyl sites for hydroxylation is 1. The monoisotopic (exact) mass is 727 g/mol. The topological polar surface area (TPSA) is 163 Å². The van der Waals surface area contributed by atoms with Gasteiger partial charge in [0, 0.05) is 12.1 Å². The van der Waals surface area contributed by atoms with Gasteiger partial charge in [0.25, 0.3) is 21.8 Å². The third-order valence-electron chi connectivity index (χ3n) is 8.39. The van der Waals surface area contributed by atoms with E-state index in [9.17, 15) is 36.0 Å². The third kappa shape index (κ3) is 6.42. The number of ether oxygens (including phenoxy) is 1. The number of imide groups is 1. The van der Waals surface area contributed by atoms with Crippen molar-refractivity contribution in [2.24, 2.45) is 0 Å². The van der Waals surface area contributed by atoms with Gasteiger partial charge in [-0.25, -0.2) is 27.5 Å². The fourth-order valence-electron chi connectivity index (χ4n) is 5.57. The molecule has 15 nitrogen and oxygen atoms in total. The quantitative estimate of drug-likeness (QED) is 0.209. The number of rotatable bonds is 10. The van der Waals surface area contributed by atoms with Gasteiger partial charge in [-0.2, -0.15) is 22.9 Å². The maximum Gasteiger partial charge on any atom is 0.435 e. The van der Waals surface area contributed by atoms with Gasteiger partial charge in [-0.15, -0.1) is 0 Å². The zero-order valence-electron chi connectivity index (χ0n) is 26.8. The standard InChI is InChI=1S/C32H28F3N7O8S/c1-19-7-9-21(10-8-19)27-17-28(32(33,34)35)36-40(27)22-11-13-24(14-12-22)51(46,47)37-31(45)48-18-23-15-16-38(23)41-42(50-41)49-20(2)39-29(43)25-5-3-4-6-26(25)30(39)44/h3-14,17,20,23H,15-16,18H2,1-2H3,(H,37,45)/t20?,23-,41?,42?/m0/s1. The Bertz CT molecular complexity index is 2200. The number of nitrogens with one attached hydrogen (secondary N) is 1. The molecule has 2 aliphatic rings. The summed E-state index contributed by atoms with van der Waals surface area (Å²) in [6.07, 6.45) is -6.44. The fraction of sp³-hybridized carbons (Fsp3) is 0.250. The Hall–Kier alpha value is -5.98. The minimum Gasteiger partial charge on any atom is -0.447 e. The number of carbonyl (C=O) groups excluding carboxylic acids is 3. The maximum atomic E-state index is 13.6. The first kappa shape index (κ1) is 33.5. The highest BCUT2D eigenvalue weighted by Crippen LogP contribution is 2.33. The lowest BCUT2D eigenvalue weighted by atomic mass is 10.1. The van der Waals surface area contributed by atoms with Crippen LogP contribution in [-0.2, 0) is 20.9 Å². The van der Waals surface area contributed by atoms with Crippen molar-refractivity contribution in [2.75, 3.05) is 18.2 Å². The molecule has 1 fully saturated rings. The molecule has 0 radical (unpaired) electrons. The number of aromatic nitrogens is 4. The minimum atomic E-state index is -4.71. The molecule has 7 rings (SSSR count). The van der Waals surface area contributed by atoms with Gasteiger partial charge in [0.05, 0.1) is 38.4 Å². The number of hydrogen-bond acceptors (Lipinski definition) is 10. The second-order valence-electron chi connectivity index (χ2n) is 11.8. The predicted octanol–water partition coefficient (Wildman–Crippen LogP) is 3.96. The van der Waals surface area contributed by atoms with E-state index in [-0.39, 0.29) is 34.0 Å². The lowest BCUT2D eigenvalue weighted by Crippen LogP contribution is -2.56. The van der Waals surface area contributed by atoms with Gasteiger partial charge in [0.1, 0.15) is 11.6 Å². The van der Waals surface area contributed by atoms with Gasteiger partial charge in [-0.05, 0) is 62.7 Å². The first-order valence-electron chi connectivity index (χ1n) is 15.4. The summed E-state index contributed by atoms with van der Waals surface area (Å²) < 4.78 is 79.8. The molecule has 2 aliphatic heterocycles. The largest absolute Gasteiger partial charge is 0.447 e. The number of fused-ring (bicyclic) bond motifs is 1. The number of benzene rings is 3. The van der Waals surface area contributed by atoms with Crippen molar-refractivity contribution in [2.45, 2.75) is 43.6 Å². The van der Waals surface area contributed by atoms with Gasteiger partial charge < -0.3 is 9.57 Å². The van der Waals surface area contributed by atoms with E-state index in [0.29, 0.717) is 18.5 Å². The van der Waals surface area contributed by atoms with Crippen LogP contribution in [0.3, 0.4) is 0 Å². The number of alkyl halides is 3. The van der Waals surface area contributed by atoms with E-state index in [2.05, 4.69) is 5.10 Å². The summed E-state index contributed by atoms with van der Waals surface area (Å²) in [5.41, 5.74) is 1.09. The molecule has 0 aliphatic carbocycles. The molecule has 2 atom stereocenters. The first-order valence-corrected chi connectivity index (χ1v) is 16.9. The Kier molecular flexibility index (Phi) is 8.16. The molecule has 4 heterocycles. The van der Waals surface area contributed by atoms with E-state index >= 15 is 0 Å². The fourth-order valence-corrected chi connectivity index (χ4v) is 6.46. The summed E-state index contributed by atoms with van der Waals surface area (Å²) in [7, 11) is -4.43. The van der Waals surface area contributed by atoms with Crippen LogP contribution in [0.4, 0.5) is 18.0 Å². The second kappa shape index (κ2) is 12.4. The van der Waals surface area contributed by atoms with Crippen LogP contribution in [0.1, 0.15) is 45.3 Å². The van der Waals surface area contributed by atoms with E-state index < -0.39 is 52.1 Å². The molecule has 266 valence electrons. The number of sulfonamides is 1. The zero-order chi connectivity index (χ0) is 36.2. The molecule has 1 unspecified atom stereocenters. The summed E-state index contributed by atoms with van der Waals surface area (Å²) >= 11 is 0. The van der Waals surface area contributed by atoms with Crippen molar-refractivity contribution in [1.29, 1.82) is 0 Å². The van der Waals surface area contributed by atoms with Crippen molar-refractivity contribution in [1.82, 2.24) is 29.4 Å². The van der Waals surface area contributed by atoms with E-state index in [0.717, 1.165) is 38.4 Å². The molecule has 1 saturated heterocycles. The predicted molar refractivity (Wildman–Crippen MR) is 170 cm³/mol. The Balaban J connectivity index is 0.945. The summed E-state index contributed by atoms with van der Waals surface area (Å²) in [5, 5.41) is 6.28. The van der Waals surface area contributed by atoms with Crippen LogP contribution >= 0.6 is 0 Å². The molecule has 3 amide bonds. The molecule has 19 heteroatoms. The van der Waals surface area contributed by atoms with Gasteiger partial charge in [0.15, 0.2) is 5.69 Å². The van der Waals surface area contributed by atoms with Crippen LogP contribution in [0, 0.1) is 6.92 Å². The van der Waals surface area contributed by atoms with E-state index in [1.165, 1.54) is 24.0 Å². The van der Waals surface area contributed by atoms with Gasteiger partial charge in [0.2, 0.25) is 6.23 Å². The van der Waals surface area contributed by atoms with Crippen molar-refractivity contribution >= 4 is 27.9 Å². The van der Waals surface area contributed by atoms with Crippen LogP contribution in [0.25, 0.3) is 16.9 Å². The molecule has 51 heavy (non-hydrogen) atoms. The molecule has 0 bridgehead atoms. The minimum absolute atomic E-state index is 0.143. The maximum absolute atomic E-state index is 13.6. The summed E-state index contributed by atoms with van der Waals surface area (Å²) in [4.78, 5) is 45.3. The normalized spacial score (nSPS) is 16.6. The number of hydrogen-bond donors (Lipinski definition) is 1. The van der Waals surface area contributed by atoms with E-state index in [1.807, 2.05) is 11.6 Å². The smallest absolute Gasteiger partial charge is 0.435 e. The van der Waals surface area contributed by atoms with Crippen molar-refractivity contribution in [3.63, 3.8) is 0 Å². The third-order valence-corrected chi connectivity index (χ3v) is 9.71. The Morgan fingerprint density at radius 3 is 2.25 bits per heavy atom. The number of nitrogens with zero attached hydrogens (tertiary/aromatic N) is 6. The van der Waals surface area contributed by atoms with Crippen LogP contribution in [-0.4, -0.2) is 76.4 Å². The molecule has 0 saturated carbocycles. The molecule has 3 aromatic carbocycles. The van der Waals surface area contributed by atoms with Gasteiger partial charge in [-0.1, -0.05) is 42.0 Å². The Labute approximate surface area is 287 Å². The van der Waals surface area contributed by atoms with Crippen LogP contribution in [0.15, 0.2) is 88.4 Å². The highest BCUT2D eigenvalue weighted by molar-refractivity contribution is 7.90. The lowest BCUT2D eigenvalue weighted by Gasteiger charge is -2.36. The van der Waals surface area contributed by atoms with E-state index in [4.69, 9.17) is 14.2 Å². The summed E-state index contributed by atoms with van der Waals surface area (Å²) in [6, 6.07) is 18.5. The average molecular weight is 728 g/mol. The summed E-state index contributed by atoms with van der Waals surface area (Å²) in [6.45, 7) is 3.57. The van der Waals surface area contributed by atoms with Crippen LogP contribution < -0.4 is 14.6 Å². The van der Waals surface area contributed by atoms with Crippen LogP contribution in [0.2, 0.25) is 0 Å². The number of halogens is 3. The van der Waals surface area contributed by atoms with Gasteiger partial charge in [-0.3, -0.25) is 14.6 Å². The van der Waals surface area contributed by atoms with Crippen molar-refractivity contribution < 1.29 is 50.2 Å². The average Bonchev–Trinajstić information content (AvgIpc) is 3.53. The lowest BCUT2D eigenvalue weighted by molar-refractivity contribution is -0.141. The molecular weight excluding hydrogens is 699 g/mol. The van der Waals surface area contributed by atoms with Gasteiger partial charge >= 0.3 is 12.3 Å². The molecule has 1 N–H and O–H groups in total. The number of amides is 3. The molecule has 2 aromatic heterocycles. The Morgan fingerprint density at radius 1 is 1.02 bits per heavy atom. The second-order valence-corrected chi connectivity index (χ2v) is 13.5.